The number of hydrogen-bond donors (Lipinski definition) is 0. The first-order chi connectivity index (χ1) is 14.2. The molecule has 7 heteroatoms. The van der Waals surface area contributed by atoms with E-state index in [1.165, 1.54) is 0 Å². The molecule has 7 nitrogen and oxygen atoms in total. The Bertz CT molecular complexity index is 825. The number of benzene rings is 1. The van der Waals surface area contributed by atoms with E-state index in [2.05, 4.69) is 32.8 Å². The van der Waals surface area contributed by atoms with Crippen molar-refractivity contribution in [2.45, 2.75) is 0 Å². The summed E-state index contributed by atoms with van der Waals surface area (Å²) in [4.78, 5) is 26.0. The number of hydrogen-bond acceptors (Lipinski definition) is 6. The molecule has 0 aliphatic carbocycles. The first-order valence-corrected chi connectivity index (χ1v) is 10.2. The Kier molecular flexibility index (Phi) is 5.85. The molecule has 2 fully saturated rings. The van der Waals surface area contributed by atoms with Gasteiger partial charge in [-0.2, -0.15) is 0 Å². The van der Waals surface area contributed by atoms with Gasteiger partial charge in [-0.05, 0) is 31.3 Å². The standard InChI is InChI=1S/C22H29N5O2/c1-24-9-11-27(12-10-24)22(28)19-8-7-18(17-23-19)25-13-15-26(16-14-25)20-5-3-4-6-21(20)29-2/h3-8,17H,9-16H2,1-2H3. The second-order valence-corrected chi connectivity index (χ2v) is 7.64. The Morgan fingerprint density at radius 3 is 2.24 bits per heavy atom. The van der Waals surface area contributed by atoms with E-state index in [-0.39, 0.29) is 5.91 Å². The van der Waals surface area contributed by atoms with Crippen molar-refractivity contribution in [3.63, 3.8) is 0 Å². The summed E-state index contributed by atoms with van der Waals surface area (Å²) in [5.74, 6) is 0.944. The fourth-order valence-electron chi connectivity index (χ4n) is 3.97. The summed E-state index contributed by atoms with van der Waals surface area (Å²) >= 11 is 0. The molecule has 4 rings (SSSR count). The van der Waals surface area contributed by atoms with E-state index >= 15 is 0 Å². The Labute approximate surface area is 172 Å². The van der Waals surface area contributed by atoms with Crippen molar-refractivity contribution in [3.05, 3.63) is 48.3 Å². The molecule has 154 valence electrons. The zero-order chi connectivity index (χ0) is 20.2. The van der Waals surface area contributed by atoms with Crippen LogP contribution in [0.5, 0.6) is 5.75 Å². The summed E-state index contributed by atoms with van der Waals surface area (Å²) in [5.41, 5.74) is 2.74. The van der Waals surface area contributed by atoms with Crippen LogP contribution in [0.4, 0.5) is 11.4 Å². The monoisotopic (exact) mass is 395 g/mol. The summed E-state index contributed by atoms with van der Waals surface area (Å²) in [6.07, 6.45) is 1.84. The van der Waals surface area contributed by atoms with E-state index < -0.39 is 0 Å². The number of rotatable bonds is 4. The number of ether oxygens (including phenoxy) is 1. The number of aromatic nitrogens is 1. The highest BCUT2D eigenvalue weighted by molar-refractivity contribution is 5.92. The van der Waals surface area contributed by atoms with Gasteiger partial charge in [0.25, 0.3) is 5.91 Å². The van der Waals surface area contributed by atoms with E-state index in [4.69, 9.17) is 4.74 Å². The predicted molar refractivity (Wildman–Crippen MR) is 115 cm³/mol. The zero-order valence-corrected chi connectivity index (χ0v) is 17.3. The quantitative estimate of drug-likeness (QED) is 0.787. The lowest BCUT2D eigenvalue weighted by Crippen LogP contribution is -2.47. The van der Waals surface area contributed by atoms with Gasteiger partial charge in [-0.1, -0.05) is 12.1 Å². The third-order valence-electron chi connectivity index (χ3n) is 5.83. The maximum Gasteiger partial charge on any atom is 0.272 e. The highest BCUT2D eigenvalue weighted by Gasteiger charge is 2.23. The minimum absolute atomic E-state index is 0.0330. The first-order valence-electron chi connectivity index (χ1n) is 10.2. The minimum Gasteiger partial charge on any atom is -0.495 e. The van der Waals surface area contributed by atoms with Crippen molar-refractivity contribution >= 4 is 17.3 Å². The average molecular weight is 396 g/mol. The van der Waals surface area contributed by atoms with Crippen molar-refractivity contribution in [1.82, 2.24) is 14.8 Å². The Morgan fingerprint density at radius 1 is 0.897 bits per heavy atom. The molecule has 1 amide bonds. The number of anilines is 2. The van der Waals surface area contributed by atoms with Crippen molar-refractivity contribution in [2.24, 2.45) is 0 Å². The summed E-state index contributed by atoms with van der Waals surface area (Å²) in [5, 5.41) is 0. The van der Waals surface area contributed by atoms with Gasteiger partial charge < -0.3 is 24.3 Å². The summed E-state index contributed by atoms with van der Waals surface area (Å²) < 4.78 is 5.50. The normalized spacial score (nSPS) is 18.1. The fourth-order valence-corrected chi connectivity index (χ4v) is 3.97. The van der Waals surface area contributed by atoms with Gasteiger partial charge in [0.15, 0.2) is 0 Å². The van der Waals surface area contributed by atoms with Gasteiger partial charge in [0.1, 0.15) is 11.4 Å². The summed E-state index contributed by atoms with van der Waals surface area (Å²) in [7, 11) is 3.80. The van der Waals surface area contributed by atoms with Gasteiger partial charge >= 0.3 is 0 Å². The largest absolute Gasteiger partial charge is 0.495 e. The second-order valence-electron chi connectivity index (χ2n) is 7.64. The van der Waals surface area contributed by atoms with Crippen LogP contribution in [-0.2, 0) is 0 Å². The molecule has 0 bridgehead atoms. The molecule has 3 heterocycles. The van der Waals surface area contributed by atoms with Crippen molar-refractivity contribution in [2.75, 3.05) is 76.3 Å². The number of pyridine rings is 1. The molecule has 0 radical (unpaired) electrons. The molecule has 2 saturated heterocycles. The lowest BCUT2D eigenvalue weighted by molar-refractivity contribution is 0.0658. The maximum atomic E-state index is 12.7. The van der Waals surface area contributed by atoms with E-state index in [0.29, 0.717) is 5.69 Å². The van der Waals surface area contributed by atoms with Crippen LogP contribution in [0.15, 0.2) is 42.6 Å². The van der Waals surface area contributed by atoms with Crippen LogP contribution in [0.3, 0.4) is 0 Å². The molecular formula is C22H29N5O2. The number of methoxy groups -OCH3 is 1. The van der Waals surface area contributed by atoms with E-state index in [1.54, 1.807) is 7.11 Å². The summed E-state index contributed by atoms with van der Waals surface area (Å²) in [6.45, 7) is 7.02. The van der Waals surface area contributed by atoms with Gasteiger partial charge in [-0.25, -0.2) is 4.98 Å². The SMILES string of the molecule is COc1ccccc1N1CCN(c2ccc(C(=O)N3CCN(C)CC3)nc2)CC1. The molecule has 2 aliphatic heterocycles. The van der Waals surface area contributed by atoms with E-state index in [0.717, 1.165) is 69.5 Å². The fraction of sp³-hybridized carbons (Fsp3) is 0.455. The molecule has 0 spiro atoms. The van der Waals surface area contributed by atoms with Crippen LogP contribution >= 0.6 is 0 Å². The number of amides is 1. The molecule has 1 aromatic carbocycles. The Morgan fingerprint density at radius 2 is 1.59 bits per heavy atom. The van der Waals surface area contributed by atoms with Crippen LogP contribution in [0.1, 0.15) is 10.5 Å². The van der Waals surface area contributed by atoms with Gasteiger partial charge in [-0.3, -0.25) is 4.79 Å². The molecule has 2 aliphatic rings. The van der Waals surface area contributed by atoms with Crippen molar-refractivity contribution < 1.29 is 9.53 Å². The number of para-hydroxylation sites is 2. The molecule has 1 aromatic heterocycles. The minimum atomic E-state index is 0.0330. The highest BCUT2D eigenvalue weighted by atomic mass is 16.5. The molecule has 0 saturated carbocycles. The molecular weight excluding hydrogens is 366 g/mol. The number of likely N-dealkylation sites (N-methyl/N-ethyl adjacent to an activating group) is 1. The van der Waals surface area contributed by atoms with Crippen molar-refractivity contribution in [3.8, 4) is 5.75 Å². The third-order valence-corrected chi connectivity index (χ3v) is 5.83. The highest BCUT2D eigenvalue weighted by Crippen LogP contribution is 2.29. The number of carbonyl (C=O) groups excluding carboxylic acids is 1. The maximum absolute atomic E-state index is 12.7. The Hall–Kier alpha value is -2.80. The number of nitrogens with zero attached hydrogens (tertiary/aromatic N) is 5. The lowest BCUT2D eigenvalue weighted by Gasteiger charge is -2.37. The number of piperazine rings is 2. The molecule has 0 atom stereocenters. The van der Waals surface area contributed by atoms with Gasteiger partial charge in [0.2, 0.25) is 0 Å². The van der Waals surface area contributed by atoms with Crippen LogP contribution in [0.25, 0.3) is 0 Å². The zero-order valence-electron chi connectivity index (χ0n) is 17.3. The van der Waals surface area contributed by atoms with Crippen molar-refractivity contribution in [1.29, 1.82) is 0 Å². The smallest absolute Gasteiger partial charge is 0.272 e. The second kappa shape index (κ2) is 8.69. The Balaban J connectivity index is 1.36. The molecule has 0 unspecified atom stereocenters. The van der Waals surface area contributed by atoms with Crippen LogP contribution < -0.4 is 14.5 Å². The van der Waals surface area contributed by atoms with Crippen LogP contribution in [0.2, 0.25) is 0 Å². The van der Waals surface area contributed by atoms with Gasteiger partial charge in [-0.15, -0.1) is 0 Å². The van der Waals surface area contributed by atoms with E-state index in [1.807, 2.05) is 41.4 Å². The molecule has 0 N–H and O–H groups in total. The lowest BCUT2D eigenvalue weighted by atomic mass is 10.2. The number of carbonyl (C=O) groups is 1. The van der Waals surface area contributed by atoms with Gasteiger partial charge in [0, 0.05) is 52.4 Å². The van der Waals surface area contributed by atoms with Crippen LogP contribution in [0, 0.1) is 0 Å². The summed E-state index contributed by atoms with van der Waals surface area (Å²) in [6, 6.07) is 12.0. The molecule has 29 heavy (non-hydrogen) atoms. The predicted octanol–water partition coefficient (Wildman–Crippen LogP) is 1.80. The topological polar surface area (TPSA) is 52.2 Å². The molecule has 2 aromatic rings. The third kappa shape index (κ3) is 4.29. The average Bonchev–Trinajstić information content (AvgIpc) is 2.79. The van der Waals surface area contributed by atoms with Crippen LogP contribution in [-0.4, -0.2) is 87.2 Å². The van der Waals surface area contributed by atoms with E-state index in [9.17, 15) is 4.79 Å². The van der Waals surface area contributed by atoms with Gasteiger partial charge in [0.05, 0.1) is 24.7 Å². The first kappa shape index (κ1) is 19.5.